The molecule has 2 aliphatic heterocycles. The zero-order chi connectivity index (χ0) is 13.6. The Bertz CT molecular complexity index is 500. The molecule has 1 amide bonds. The van der Waals surface area contributed by atoms with Crippen LogP contribution in [0.4, 0.5) is 14.5 Å². The van der Waals surface area contributed by atoms with Crippen LogP contribution in [0.5, 0.6) is 0 Å². The van der Waals surface area contributed by atoms with Crippen LogP contribution in [0, 0.1) is 11.6 Å². The van der Waals surface area contributed by atoms with Crippen LogP contribution >= 0.6 is 0 Å². The third-order valence-corrected chi connectivity index (χ3v) is 3.66. The molecule has 2 atom stereocenters. The number of nitrogen functional groups attached to an aromatic ring is 1. The molecule has 0 radical (unpaired) electrons. The van der Waals surface area contributed by atoms with Gasteiger partial charge in [0.2, 0.25) is 0 Å². The molecule has 3 rings (SSSR count). The average Bonchev–Trinajstić information content (AvgIpc) is 2.73. The van der Waals surface area contributed by atoms with E-state index in [0.717, 1.165) is 25.0 Å². The van der Waals surface area contributed by atoms with Crippen LogP contribution in [0.25, 0.3) is 0 Å². The number of likely N-dealkylation sites (tertiary alicyclic amines) is 1. The van der Waals surface area contributed by atoms with Crippen molar-refractivity contribution in [1.29, 1.82) is 0 Å². The SMILES string of the molecule is Nc1c(F)cc(C(=O)N2CC3CCC(C2)O3)cc1F. The van der Waals surface area contributed by atoms with E-state index in [-0.39, 0.29) is 23.7 Å². The molecule has 0 spiro atoms. The highest BCUT2D eigenvalue weighted by Gasteiger charge is 2.36. The number of nitrogens with zero attached hydrogens (tertiary/aromatic N) is 1. The molecule has 2 bridgehead atoms. The van der Waals surface area contributed by atoms with Crippen molar-refractivity contribution < 1.29 is 18.3 Å². The van der Waals surface area contributed by atoms with E-state index in [1.165, 1.54) is 0 Å². The van der Waals surface area contributed by atoms with Gasteiger partial charge in [-0.1, -0.05) is 0 Å². The first kappa shape index (κ1) is 12.3. The second-order valence-electron chi connectivity index (χ2n) is 5.02. The summed E-state index contributed by atoms with van der Waals surface area (Å²) in [5.41, 5.74) is 4.62. The van der Waals surface area contributed by atoms with Crippen LogP contribution in [0.3, 0.4) is 0 Å². The summed E-state index contributed by atoms with van der Waals surface area (Å²) in [6, 6.07) is 1.97. The number of carbonyl (C=O) groups is 1. The van der Waals surface area contributed by atoms with E-state index in [0.29, 0.717) is 13.1 Å². The maximum atomic E-state index is 13.4. The van der Waals surface area contributed by atoms with Crippen molar-refractivity contribution >= 4 is 11.6 Å². The van der Waals surface area contributed by atoms with Gasteiger partial charge in [0.1, 0.15) is 17.3 Å². The number of anilines is 1. The minimum Gasteiger partial charge on any atom is -0.394 e. The highest BCUT2D eigenvalue weighted by molar-refractivity contribution is 5.94. The number of halogens is 2. The molecule has 0 saturated carbocycles. The number of hydrogen-bond acceptors (Lipinski definition) is 3. The minimum atomic E-state index is -0.903. The molecule has 1 aromatic carbocycles. The number of rotatable bonds is 1. The summed E-state index contributed by atoms with van der Waals surface area (Å²) in [6.07, 6.45) is 1.95. The van der Waals surface area contributed by atoms with Gasteiger partial charge in [0.05, 0.1) is 12.2 Å². The molecule has 6 heteroatoms. The number of carbonyl (C=O) groups excluding carboxylic acids is 1. The summed E-state index contributed by atoms with van der Waals surface area (Å²) in [5, 5.41) is 0. The zero-order valence-corrected chi connectivity index (χ0v) is 10.2. The van der Waals surface area contributed by atoms with Crippen LogP contribution in [-0.2, 0) is 4.74 Å². The average molecular weight is 268 g/mol. The maximum Gasteiger partial charge on any atom is 0.254 e. The van der Waals surface area contributed by atoms with Crippen molar-refractivity contribution in [3.8, 4) is 0 Å². The van der Waals surface area contributed by atoms with Gasteiger partial charge in [-0.25, -0.2) is 8.78 Å². The van der Waals surface area contributed by atoms with E-state index in [1.54, 1.807) is 4.90 Å². The molecule has 2 unspecified atom stereocenters. The fourth-order valence-corrected chi connectivity index (χ4v) is 2.67. The Balaban J connectivity index is 1.84. The fraction of sp³-hybridized carbons (Fsp3) is 0.462. The Labute approximate surface area is 109 Å². The van der Waals surface area contributed by atoms with Crippen molar-refractivity contribution in [2.24, 2.45) is 0 Å². The number of nitrogens with two attached hydrogens (primary N) is 1. The topological polar surface area (TPSA) is 55.6 Å². The van der Waals surface area contributed by atoms with Crippen molar-refractivity contribution in [3.63, 3.8) is 0 Å². The molecule has 19 heavy (non-hydrogen) atoms. The van der Waals surface area contributed by atoms with Gasteiger partial charge >= 0.3 is 0 Å². The van der Waals surface area contributed by atoms with Crippen molar-refractivity contribution in [1.82, 2.24) is 4.90 Å². The first-order valence-corrected chi connectivity index (χ1v) is 6.24. The van der Waals surface area contributed by atoms with E-state index in [1.807, 2.05) is 0 Å². The molecule has 2 aliphatic rings. The number of ether oxygens (including phenoxy) is 1. The van der Waals surface area contributed by atoms with E-state index in [9.17, 15) is 13.6 Å². The van der Waals surface area contributed by atoms with Crippen molar-refractivity contribution in [2.45, 2.75) is 25.0 Å². The maximum absolute atomic E-state index is 13.4. The first-order valence-electron chi connectivity index (χ1n) is 6.24. The lowest BCUT2D eigenvalue weighted by Crippen LogP contribution is -2.45. The quantitative estimate of drug-likeness (QED) is 0.786. The third-order valence-electron chi connectivity index (χ3n) is 3.66. The second-order valence-corrected chi connectivity index (χ2v) is 5.02. The Morgan fingerprint density at radius 3 is 2.26 bits per heavy atom. The number of morpholine rings is 1. The number of hydrogen-bond donors (Lipinski definition) is 1. The molecular weight excluding hydrogens is 254 g/mol. The Hall–Kier alpha value is -1.69. The summed E-state index contributed by atoms with van der Waals surface area (Å²) in [6.45, 7) is 0.950. The van der Waals surface area contributed by atoms with E-state index in [4.69, 9.17) is 10.5 Å². The molecule has 1 aromatic rings. The molecule has 2 fully saturated rings. The Morgan fingerprint density at radius 1 is 1.21 bits per heavy atom. The normalized spacial score (nSPS) is 25.7. The lowest BCUT2D eigenvalue weighted by molar-refractivity contribution is -0.0303. The summed E-state index contributed by atoms with van der Waals surface area (Å²) in [5.74, 6) is -2.18. The van der Waals surface area contributed by atoms with Crippen LogP contribution in [0.15, 0.2) is 12.1 Å². The van der Waals surface area contributed by atoms with E-state index >= 15 is 0 Å². The van der Waals surface area contributed by atoms with Crippen LogP contribution in [0.1, 0.15) is 23.2 Å². The molecule has 0 aliphatic carbocycles. The Kier molecular flexibility index (Phi) is 2.89. The zero-order valence-electron chi connectivity index (χ0n) is 10.2. The van der Waals surface area contributed by atoms with Gasteiger partial charge in [-0.3, -0.25) is 4.79 Å². The number of benzene rings is 1. The number of fused-ring (bicyclic) bond motifs is 2. The summed E-state index contributed by atoms with van der Waals surface area (Å²) < 4.78 is 32.4. The fourth-order valence-electron chi connectivity index (χ4n) is 2.67. The number of amides is 1. The summed E-state index contributed by atoms with van der Waals surface area (Å²) in [4.78, 5) is 13.8. The van der Waals surface area contributed by atoms with Gasteiger partial charge in [0, 0.05) is 18.7 Å². The Morgan fingerprint density at radius 2 is 1.74 bits per heavy atom. The van der Waals surface area contributed by atoms with Gasteiger partial charge in [0.25, 0.3) is 5.91 Å². The summed E-state index contributed by atoms with van der Waals surface area (Å²) in [7, 11) is 0. The highest BCUT2D eigenvalue weighted by Crippen LogP contribution is 2.27. The van der Waals surface area contributed by atoms with Gasteiger partial charge in [0.15, 0.2) is 0 Å². The predicted molar refractivity (Wildman–Crippen MR) is 64.6 cm³/mol. The van der Waals surface area contributed by atoms with E-state index < -0.39 is 17.3 Å². The van der Waals surface area contributed by atoms with Gasteiger partial charge in [-0.2, -0.15) is 0 Å². The summed E-state index contributed by atoms with van der Waals surface area (Å²) >= 11 is 0. The van der Waals surface area contributed by atoms with Crippen LogP contribution in [0.2, 0.25) is 0 Å². The van der Waals surface area contributed by atoms with Crippen molar-refractivity contribution in [3.05, 3.63) is 29.3 Å². The second kappa shape index (κ2) is 4.45. The molecule has 2 saturated heterocycles. The molecule has 4 nitrogen and oxygen atoms in total. The molecule has 2 N–H and O–H groups in total. The predicted octanol–water partition coefficient (Wildman–Crippen LogP) is 1.55. The highest BCUT2D eigenvalue weighted by atomic mass is 19.1. The lowest BCUT2D eigenvalue weighted by Gasteiger charge is -2.32. The third kappa shape index (κ3) is 2.16. The monoisotopic (exact) mass is 268 g/mol. The largest absolute Gasteiger partial charge is 0.394 e. The minimum absolute atomic E-state index is 0.00880. The molecular formula is C13H14F2N2O2. The molecule has 0 aromatic heterocycles. The first-order chi connectivity index (χ1) is 9.04. The van der Waals surface area contributed by atoms with Gasteiger partial charge < -0.3 is 15.4 Å². The smallest absolute Gasteiger partial charge is 0.254 e. The van der Waals surface area contributed by atoms with Gasteiger partial charge in [-0.15, -0.1) is 0 Å². The molecule has 2 heterocycles. The van der Waals surface area contributed by atoms with Crippen molar-refractivity contribution in [2.75, 3.05) is 18.8 Å². The van der Waals surface area contributed by atoms with Crippen LogP contribution < -0.4 is 5.73 Å². The van der Waals surface area contributed by atoms with Gasteiger partial charge in [-0.05, 0) is 25.0 Å². The standard InChI is InChI=1S/C13H14F2N2O2/c14-10-3-7(4-11(15)12(10)16)13(18)17-5-8-1-2-9(6-17)19-8/h3-4,8-9H,1-2,5-6,16H2. The lowest BCUT2D eigenvalue weighted by atomic mass is 10.1. The molecule has 102 valence electrons. The van der Waals surface area contributed by atoms with E-state index in [2.05, 4.69) is 0 Å². The van der Waals surface area contributed by atoms with Crippen LogP contribution in [-0.4, -0.2) is 36.1 Å².